The number of nitrogens with zero attached hydrogens (tertiary/aromatic N) is 1. The molecule has 0 aromatic carbocycles. The van der Waals surface area contributed by atoms with Gasteiger partial charge in [0, 0.05) is 13.1 Å². The molecule has 1 fully saturated rings. The number of hydrogen-bond donors (Lipinski definition) is 0. The average molecular weight is 183 g/mol. The highest BCUT2D eigenvalue weighted by molar-refractivity contribution is 7.86. The van der Waals surface area contributed by atoms with Crippen molar-refractivity contribution in [3.63, 3.8) is 0 Å². The summed E-state index contributed by atoms with van der Waals surface area (Å²) in [5, 5.41) is 0. The minimum atomic E-state index is -3.24. The zero-order chi connectivity index (χ0) is 7.78. The van der Waals surface area contributed by atoms with Gasteiger partial charge in [-0.3, -0.25) is 8.85 Å². The van der Waals surface area contributed by atoms with Gasteiger partial charge < -0.3 is 0 Å². The third kappa shape index (κ3) is 2.50. The van der Waals surface area contributed by atoms with E-state index in [4.69, 9.17) is 0 Å². The molecule has 6 heteroatoms. The van der Waals surface area contributed by atoms with Crippen molar-refractivity contribution in [2.45, 2.75) is 6.10 Å². The lowest BCUT2D eigenvalue weighted by atomic mass is 10.2. The van der Waals surface area contributed by atoms with Crippen LogP contribution in [0.3, 0.4) is 0 Å². The molecule has 0 amide bonds. The Kier molecular flexibility index (Phi) is 2.30. The van der Waals surface area contributed by atoms with Crippen LogP contribution in [0, 0.1) is 0 Å². The van der Waals surface area contributed by atoms with Crippen LogP contribution >= 0.6 is 9.39 Å². The van der Waals surface area contributed by atoms with Crippen LogP contribution in [-0.4, -0.2) is 38.5 Å². The molecule has 1 unspecified atom stereocenters. The van der Waals surface area contributed by atoms with E-state index < -0.39 is 10.1 Å². The summed E-state index contributed by atoms with van der Waals surface area (Å²) in [5.41, 5.74) is 0. The van der Waals surface area contributed by atoms with E-state index in [1.165, 1.54) is 0 Å². The molecule has 0 aliphatic carbocycles. The third-order valence-corrected chi connectivity index (χ3v) is 2.23. The van der Waals surface area contributed by atoms with Crippen LogP contribution in [0.1, 0.15) is 0 Å². The maximum atomic E-state index is 10.5. The monoisotopic (exact) mass is 183 g/mol. The first-order chi connectivity index (χ1) is 4.47. The van der Waals surface area contributed by atoms with Gasteiger partial charge in [-0.1, -0.05) is 9.39 Å². The van der Waals surface area contributed by atoms with Gasteiger partial charge in [0.2, 0.25) is 0 Å². The zero-order valence-corrected chi connectivity index (χ0v) is 7.62. The molecule has 1 aliphatic rings. The summed E-state index contributed by atoms with van der Waals surface area (Å²) in [7, 11) is -0.770. The van der Waals surface area contributed by atoms with Crippen molar-refractivity contribution in [2.24, 2.45) is 0 Å². The van der Waals surface area contributed by atoms with Crippen LogP contribution in [0.2, 0.25) is 0 Å². The Labute approximate surface area is 62.9 Å². The molecule has 60 valence electrons. The first-order valence-electron chi connectivity index (χ1n) is 2.85. The summed E-state index contributed by atoms with van der Waals surface area (Å²) in [6.07, 6.45) is 0.936. The smallest absolute Gasteiger partial charge is 0.264 e. The normalized spacial score (nSPS) is 22.6. The Bertz CT molecular complexity index is 209. The summed E-state index contributed by atoms with van der Waals surface area (Å²) < 4.78 is 27.6. The summed E-state index contributed by atoms with van der Waals surface area (Å²) >= 11 is 0. The Balaban J connectivity index is 2.30. The highest BCUT2D eigenvalue weighted by Gasteiger charge is 2.27. The highest BCUT2D eigenvalue weighted by Crippen LogP contribution is 2.16. The Morgan fingerprint density at radius 1 is 1.60 bits per heavy atom. The van der Waals surface area contributed by atoms with E-state index in [2.05, 4.69) is 13.6 Å². The van der Waals surface area contributed by atoms with E-state index in [0.29, 0.717) is 13.1 Å². The second kappa shape index (κ2) is 2.74. The molecule has 0 aromatic heterocycles. The minimum absolute atomic E-state index is 0.132. The van der Waals surface area contributed by atoms with Gasteiger partial charge in [0.1, 0.15) is 6.10 Å². The summed E-state index contributed by atoms with van der Waals surface area (Å²) in [5.74, 6) is 0. The maximum absolute atomic E-state index is 10.5. The molecule has 1 saturated heterocycles. The topological polar surface area (TPSA) is 46.6 Å². The van der Waals surface area contributed by atoms with E-state index in [1.54, 1.807) is 0 Å². The minimum Gasteiger partial charge on any atom is -0.282 e. The molecule has 10 heavy (non-hydrogen) atoms. The first kappa shape index (κ1) is 8.40. The van der Waals surface area contributed by atoms with Crippen molar-refractivity contribution in [3.8, 4) is 0 Å². The standard InChI is InChI=1S/C4H10NO3PS/c1-10(6,7)8-4-2-5(9)3-4/h4H,2-3,9H2,1H3. The van der Waals surface area contributed by atoms with E-state index in [0.717, 1.165) is 6.26 Å². The van der Waals surface area contributed by atoms with Gasteiger partial charge in [-0.25, -0.2) is 0 Å². The average Bonchev–Trinajstić information content (AvgIpc) is 1.57. The molecule has 4 nitrogen and oxygen atoms in total. The van der Waals surface area contributed by atoms with Crippen LogP contribution in [0.4, 0.5) is 0 Å². The van der Waals surface area contributed by atoms with Crippen molar-refractivity contribution in [2.75, 3.05) is 19.3 Å². The summed E-state index contributed by atoms with van der Waals surface area (Å²) in [4.78, 5) is 0. The predicted molar refractivity (Wildman–Crippen MR) is 41.0 cm³/mol. The van der Waals surface area contributed by atoms with Crippen LogP contribution in [0.5, 0.6) is 0 Å². The highest BCUT2D eigenvalue weighted by atomic mass is 32.2. The fourth-order valence-corrected chi connectivity index (χ4v) is 1.86. The van der Waals surface area contributed by atoms with Gasteiger partial charge in [-0.05, 0) is 0 Å². The summed E-state index contributed by atoms with van der Waals surface area (Å²) in [6, 6.07) is 0. The molecular formula is C4H10NO3PS. The van der Waals surface area contributed by atoms with Crippen molar-refractivity contribution in [1.82, 2.24) is 4.67 Å². The van der Waals surface area contributed by atoms with Crippen molar-refractivity contribution >= 4 is 19.5 Å². The van der Waals surface area contributed by atoms with Gasteiger partial charge in [-0.15, -0.1) is 0 Å². The van der Waals surface area contributed by atoms with Gasteiger partial charge in [0.15, 0.2) is 0 Å². The van der Waals surface area contributed by atoms with E-state index >= 15 is 0 Å². The fourth-order valence-electron chi connectivity index (χ4n) is 0.778. The molecule has 0 radical (unpaired) electrons. The van der Waals surface area contributed by atoms with Gasteiger partial charge in [-0.2, -0.15) is 8.42 Å². The zero-order valence-electron chi connectivity index (χ0n) is 5.65. The maximum Gasteiger partial charge on any atom is 0.264 e. The molecule has 1 heterocycles. The number of rotatable bonds is 2. The predicted octanol–water partition coefficient (Wildman–Crippen LogP) is -0.563. The fraction of sp³-hybridized carbons (Fsp3) is 1.00. The molecule has 0 bridgehead atoms. The van der Waals surface area contributed by atoms with Crippen molar-refractivity contribution in [1.29, 1.82) is 0 Å². The van der Waals surface area contributed by atoms with Crippen LogP contribution in [0.25, 0.3) is 0 Å². The quantitative estimate of drug-likeness (QED) is 0.425. The summed E-state index contributed by atoms with van der Waals surface area (Å²) in [6.45, 7) is 1.36. The van der Waals surface area contributed by atoms with E-state index in [-0.39, 0.29) is 6.10 Å². The molecule has 0 spiro atoms. The van der Waals surface area contributed by atoms with Crippen molar-refractivity contribution in [3.05, 3.63) is 0 Å². The molecule has 1 aliphatic heterocycles. The van der Waals surface area contributed by atoms with Crippen LogP contribution in [-0.2, 0) is 14.3 Å². The molecular weight excluding hydrogens is 173 g/mol. The largest absolute Gasteiger partial charge is 0.282 e. The molecule has 0 saturated carbocycles. The molecule has 0 aromatic rings. The van der Waals surface area contributed by atoms with E-state index in [1.807, 2.05) is 4.67 Å². The Hall–Kier alpha value is 0.300. The first-order valence-corrected chi connectivity index (χ1v) is 5.18. The van der Waals surface area contributed by atoms with Gasteiger partial charge >= 0.3 is 0 Å². The lowest BCUT2D eigenvalue weighted by Gasteiger charge is -2.34. The molecule has 1 atom stereocenters. The molecule has 1 rings (SSSR count). The van der Waals surface area contributed by atoms with E-state index in [9.17, 15) is 8.42 Å². The van der Waals surface area contributed by atoms with Crippen LogP contribution in [0.15, 0.2) is 0 Å². The molecule has 0 N–H and O–H groups in total. The number of hydrogen-bond acceptors (Lipinski definition) is 4. The van der Waals surface area contributed by atoms with Crippen molar-refractivity contribution < 1.29 is 12.6 Å². The Morgan fingerprint density at radius 2 is 2.10 bits per heavy atom. The van der Waals surface area contributed by atoms with Crippen LogP contribution < -0.4 is 0 Å². The lowest BCUT2D eigenvalue weighted by molar-refractivity contribution is 0.0902. The Morgan fingerprint density at radius 3 is 2.40 bits per heavy atom. The van der Waals surface area contributed by atoms with Gasteiger partial charge in [0.05, 0.1) is 6.26 Å². The SMILES string of the molecule is CS(=O)(=O)OC1CN(P)C1. The third-order valence-electron chi connectivity index (χ3n) is 1.19. The van der Waals surface area contributed by atoms with Gasteiger partial charge in [0.25, 0.3) is 10.1 Å². The lowest BCUT2D eigenvalue weighted by Crippen LogP contribution is -2.47. The second-order valence-electron chi connectivity index (χ2n) is 2.38. The second-order valence-corrected chi connectivity index (χ2v) is 4.71.